The van der Waals surface area contributed by atoms with E-state index in [2.05, 4.69) is 16.0 Å². The number of aryl methyl sites for hydroxylation is 1. The van der Waals surface area contributed by atoms with Crippen molar-refractivity contribution in [3.8, 4) is 0 Å². The van der Waals surface area contributed by atoms with Gasteiger partial charge in [0.1, 0.15) is 6.04 Å². The molecule has 0 aromatic heterocycles. The van der Waals surface area contributed by atoms with Crippen LogP contribution in [0.5, 0.6) is 0 Å². The van der Waals surface area contributed by atoms with Crippen LogP contribution in [0.15, 0.2) is 24.3 Å². The fourth-order valence-corrected chi connectivity index (χ4v) is 1.76. The molecule has 4 nitrogen and oxygen atoms in total. The lowest BCUT2D eigenvalue weighted by Crippen LogP contribution is -2.46. The Morgan fingerprint density at radius 3 is 2.53 bits per heavy atom. The van der Waals surface area contributed by atoms with E-state index in [4.69, 9.17) is 12.2 Å². The highest BCUT2D eigenvalue weighted by atomic mass is 32.1. The van der Waals surface area contributed by atoms with Crippen LogP contribution in [0.4, 0.5) is 5.69 Å². The minimum Gasteiger partial charge on any atom is -0.354 e. The van der Waals surface area contributed by atoms with E-state index in [0.717, 1.165) is 12.1 Å². The maximum absolute atomic E-state index is 11.7. The molecule has 0 bridgehead atoms. The summed E-state index contributed by atoms with van der Waals surface area (Å²) in [6.45, 7) is 6.51. The monoisotopic (exact) mass is 279 g/mol. The van der Waals surface area contributed by atoms with Crippen molar-refractivity contribution >= 4 is 28.9 Å². The molecule has 0 spiro atoms. The molecule has 1 aromatic rings. The summed E-state index contributed by atoms with van der Waals surface area (Å²) in [6, 6.07) is 7.55. The molecule has 0 radical (unpaired) electrons. The number of thiocarbonyl (C=S) groups is 1. The zero-order chi connectivity index (χ0) is 14.3. The molecule has 0 aliphatic rings. The van der Waals surface area contributed by atoms with E-state index in [0.29, 0.717) is 11.7 Å². The van der Waals surface area contributed by atoms with E-state index < -0.39 is 0 Å². The summed E-state index contributed by atoms with van der Waals surface area (Å²) in [7, 11) is 0. The molecule has 0 saturated heterocycles. The summed E-state index contributed by atoms with van der Waals surface area (Å²) in [6.07, 6.45) is 0.921. The van der Waals surface area contributed by atoms with Crippen LogP contribution in [0.1, 0.15) is 25.8 Å². The van der Waals surface area contributed by atoms with Gasteiger partial charge >= 0.3 is 0 Å². The molecule has 0 saturated carbocycles. The molecular weight excluding hydrogens is 258 g/mol. The van der Waals surface area contributed by atoms with Crippen molar-refractivity contribution < 1.29 is 4.79 Å². The third-order valence-electron chi connectivity index (χ3n) is 2.60. The van der Waals surface area contributed by atoms with Crippen molar-refractivity contribution in [2.24, 2.45) is 0 Å². The van der Waals surface area contributed by atoms with Crippen molar-refractivity contribution in [2.75, 3.05) is 11.9 Å². The van der Waals surface area contributed by atoms with Crippen LogP contribution < -0.4 is 16.0 Å². The molecule has 0 aliphatic heterocycles. The van der Waals surface area contributed by atoms with Gasteiger partial charge < -0.3 is 16.0 Å². The van der Waals surface area contributed by atoms with Gasteiger partial charge in [-0.15, -0.1) is 0 Å². The average Bonchev–Trinajstić information content (AvgIpc) is 2.38. The van der Waals surface area contributed by atoms with Crippen LogP contribution in [-0.4, -0.2) is 23.6 Å². The van der Waals surface area contributed by atoms with Crippen molar-refractivity contribution in [3.63, 3.8) is 0 Å². The van der Waals surface area contributed by atoms with Crippen LogP contribution >= 0.6 is 12.2 Å². The fourth-order valence-electron chi connectivity index (χ4n) is 1.47. The number of amides is 1. The van der Waals surface area contributed by atoms with Gasteiger partial charge in [-0.25, -0.2) is 0 Å². The second-order valence-corrected chi connectivity index (χ2v) is 4.89. The Bertz CT molecular complexity index is 431. The molecule has 0 fully saturated rings. The Morgan fingerprint density at radius 2 is 1.95 bits per heavy atom. The molecular formula is C14H21N3OS. The molecule has 3 N–H and O–H groups in total. The van der Waals surface area contributed by atoms with E-state index in [1.807, 2.05) is 38.1 Å². The Kier molecular flexibility index (Phi) is 6.29. The predicted octanol–water partition coefficient (Wildman–Crippen LogP) is 2.20. The van der Waals surface area contributed by atoms with Gasteiger partial charge in [0.2, 0.25) is 5.91 Å². The van der Waals surface area contributed by atoms with Gasteiger partial charge in [0.25, 0.3) is 0 Å². The van der Waals surface area contributed by atoms with E-state index in [1.54, 1.807) is 6.92 Å². The van der Waals surface area contributed by atoms with Crippen molar-refractivity contribution in [3.05, 3.63) is 29.8 Å². The van der Waals surface area contributed by atoms with Crippen LogP contribution in [0.2, 0.25) is 0 Å². The number of rotatable bonds is 5. The van der Waals surface area contributed by atoms with Crippen LogP contribution in [-0.2, 0) is 4.79 Å². The van der Waals surface area contributed by atoms with Crippen LogP contribution in [0.3, 0.4) is 0 Å². The number of hydrogen-bond acceptors (Lipinski definition) is 2. The highest BCUT2D eigenvalue weighted by Gasteiger charge is 2.12. The van der Waals surface area contributed by atoms with Crippen molar-refractivity contribution in [2.45, 2.75) is 33.2 Å². The van der Waals surface area contributed by atoms with Gasteiger partial charge in [-0.3, -0.25) is 4.79 Å². The van der Waals surface area contributed by atoms with Gasteiger partial charge in [0.15, 0.2) is 5.11 Å². The lowest BCUT2D eigenvalue weighted by atomic mass is 10.2. The largest absolute Gasteiger partial charge is 0.354 e. The predicted molar refractivity (Wildman–Crippen MR) is 83.3 cm³/mol. The standard InChI is InChI=1S/C14H21N3OS/c1-4-9-15-13(18)11(3)16-14(19)17-12-7-5-10(2)6-8-12/h5-8,11H,4,9H2,1-3H3,(H,15,18)(H2,16,17,19)/t11-/m1/s1. The van der Waals surface area contributed by atoms with E-state index in [1.165, 1.54) is 5.56 Å². The third kappa shape index (κ3) is 5.70. The molecule has 1 aromatic carbocycles. The number of benzene rings is 1. The van der Waals surface area contributed by atoms with Gasteiger partial charge in [0, 0.05) is 12.2 Å². The highest BCUT2D eigenvalue weighted by molar-refractivity contribution is 7.80. The smallest absolute Gasteiger partial charge is 0.242 e. The lowest BCUT2D eigenvalue weighted by molar-refractivity contribution is -0.122. The van der Waals surface area contributed by atoms with Crippen molar-refractivity contribution in [1.29, 1.82) is 0 Å². The number of carbonyl (C=O) groups excluding carboxylic acids is 1. The van der Waals surface area contributed by atoms with E-state index in [-0.39, 0.29) is 11.9 Å². The Labute approximate surface area is 120 Å². The molecule has 5 heteroatoms. The number of nitrogens with one attached hydrogen (secondary N) is 3. The molecule has 0 aliphatic carbocycles. The van der Waals surface area contributed by atoms with Gasteiger partial charge in [0.05, 0.1) is 0 Å². The molecule has 1 atom stereocenters. The van der Waals surface area contributed by atoms with Crippen LogP contribution in [0.25, 0.3) is 0 Å². The first-order valence-corrected chi connectivity index (χ1v) is 6.85. The topological polar surface area (TPSA) is 53.2 Å². The molecule has 104 valence electrons. The first kappa shape index (κ1) is 15.4. The summed E-state index contributed by atoms with van der Waals surface area (Å²) in [5.74, 6) is -0.0464. The molecule has 1 amide bonds. The Hall–Kier alpha value is -1.62. The maximum Gasteiger partial charge on any atom is 0.242 e. The first-order valence-electron chi connectivity index (χ1n) is 6.44. The normalized spacial score (nSPS) is 11.5. The second-order valence-electron chi connectivity index (χ2n) is 4.48. The Balaban J connectivity index is 2.42. The fraction of sp³-hybridized carbons (Fsp3) is 0.429. The quantitative estimate of drug-likeness (QED) is 0.723. The number of hydrogen-bond donors (Lipinski definition) is 3. The maximum atomic E-state index is 11.7. The second kappa shape index (κ2) is 7.74. The molecule has 0 unspecified atom stereocenters. The molecule has 1 rings (SSSR count). The van der Waals surface area contributed by atoms with E-state index in [9.17, 15) is 4.79 Å². The van der Waals surface area contributed by atoms with Gasteiger partial charge in [-0.2, -0.15) is 0 Å². The summed E-state index contributed by atoms with van der Waals surface area (Å²) in [5.41, 5.74) is 2.10. The van der Waals surface area contributed by atoms with Crippen molar-refractivity contribution in [1.82, 2.24) is 10.6 Å². The molecule has 19 heavy (non-hydrogen) atoms. The van der Waals surface area contributed by atoms with Crippen LogP contribution in [0, 0.1) is 6.92 Å². The summed E-state index contributed by atoms with van der Waals surface area (Å²) in [4.78, 5) is 11.7. The lowest BCUT2D eigenvalue weighted by Gasteiger charge is -2.16. The average molecular weight is 279 g/mol. The third-order valence-corrected chi connectivity index (χ3v) is 2.82. The van der Waals surface area contributed by atoms with Gasteiger partial charge in [-0.05, 0) is 44.6 Å². The number of carbonyl (C=O) groups is 1. The minimum absolute atomic E-state index is 0.0464. The van der Waals surface area contributed by atoms with Gasteiger partial charge in [-0.1, -0.05) is 24.6 Å². The number of anilines is 1. The van der Waals surface area contributed by atoms with E-state index >= 15 is 0 Å². The zero-order valence-corrected chi connectivity index (χ0v) is 12.4. The zero-order valence-electron chi connectivity index (χ0n) is 11.6. The molecule has 0 heterocycles. The summed E-state index contributed by atoms with van der Waals surface area (Å²) in [5, 5.41) is 9.28. The SMILES string of the molecule is CCCNC(=O)[C@@H](C)NC(=S)Nc1ccc(C)cc1. The minimum atomic E-state index is -0.350. The summed E-state index contributed by atoms with van der Waals surface area (Å²) < 4.78 is 0. The first-order chi connectivity index (χ1) is 9.02. The summed E-state index contributed by atoms with van der Waals surface area (Å²) >= 11 is 5.17. The Morgan fingerprint density at radius 1 is 1.32 bits per heavy atom. The highest BCUT2D eigenvalue weighted by Crippen LogP contribution is 2.08.